The smallest absolute Gasteiger partial charge is 0.457 e. The minimum atomic E-state index is -1.83. The summed E-state index contributed by atoms with van der Waals surface area (Å²) in [5, 5.41) is 27.8. The maximum absolute atomic E-state index is 14.5. The van der Waals surface area contributed by atoms with E-state index < -0.39 is 47.7 Å². The summed E-state index contributed by atoms with van der Waals surface area (Å²) in [7, 11) is 0. The van der Waals surface area contributed by atoms with Gasteiger partial charge in [-0.25, -0.2) is 14.4 Å². The van der Waals surface area contributed by atoms with Crippen molar-refractivity contribution >= 4 is 24.4 Å². The summed E-state index contributed by atoms with van der Waals surface area (Å²) >= 11 is 0. The molecule has 3 N–H and O–H groups in total. The summed E-state index contributed by atoms with van der Waals surface area (Å²) < 4.78 is 20.2. The van der Waals surface area contributed by atoms with Crippen molar-refractivity contribution in [1.82, 2.24) is 4.90 Å². The lowest BCUT2D eigenvalue weighted by Gasteiger charge is -2.36. The summed E-state index contributed by atoms with van der Waals surface area (Å²) in [4.78, 5) is 50.3. The van der Waals surface area contributed by atoms with Crippen molar-refractivity contribution in [1.29, 1.82) is 0 Å². The number of hydrogen-bond acceptors (Lipinski definition) is 8. The number of fused-ring (bicyclic) bond motifs is 1. The van der Waals surface area contributed by atoms with Crippen LogP contribution in [0.15, 0.2) is 91.0 Å². The van der Waals surface area contributed by atoms with Gasteiger partial charge in [-0.2, -0.15) is 0 Å². The molecule has 0 fully saturated rings. The number of carbonyl (C=O) groups excluding carboxylic acids is 1. The van der Waals surface area contributed by atoms with Crippen LogP contribution in [-0.4, -0.2) is 44.6 Å². The first kappa shape index (κ1) is 30.4. The van der Waals surface area contributed by atoms with E-state index in [1.807, 2.05) is 48.5 Å². The Morgan fingerprint density at radius 2 is 1.31 bits per heavy atom. The molecule has 12 nitrogen and oxygen atoms in total. The molecule has 0 aromatic heterocycles. The number of amides is 1. The predicted octanol–water partition coefficient (Wildman–Crippen LogP) is 7.37. The van der Waals surface area contributed by atoms with Gasteiger partial charge in [0.25, 0.3) is 5.91 Å². The Morgan fingerprint density at radius 3 is 2.02 bits per heavy atom. The summed E-state index contributed by atoms with van der Waals surface area (Å²) in [5.74, 6) is -1.48. The number of benzene rings is 4. The summed E-state index contributed by atoms with van der Waals surface area (Å²) in [6, 6.07) is 25.2. The molecule has 4 aromatic carbocycles. The standard InChI is InChI=1S/C33H27NO11/c35-30(25-17-28(44-32(38)39)29(45-33(40)41)18-27(25)43-31(36)37)34(26-15-7-10-21-9-4-5-14-24(21)26)19-20-8-6-13-23(16-20)42-22-11-2-1-3-12-22/h1-6,8-9,11-14,16-18,26H,7,10,15,19H2,(H,36,37)(H,38,39)(H,40,41)/t26-/m0/s1. The van der Waals surface area contributed by atoms with Crippen LogP contribution in [0.5, 0.6) is 28.7 Å². The second kappa shape index (κ2) is 13.5. The third-order valence-corrected chi connectivity index (χ3v) is 7.07. The van der Waals surface area contributed by atoms with Gasteiger partial charge in [0.05, 0.1) is 11.6 Å². The molecule has 0 aliphatic heterocycles. The monoisotopic (exact) mass is 613 g/mol. The fraction of sp³-hybridized carbons (Fsp3) is 0.152. The Labute approximate surface area is 256 Å². The number of ether oxygens (including phenoxy) is 4. The van der Waals surface area contributed by atoms with E-state index in [0.717, 1.165) is 36.1 Å². The molecule has 12 heteroatoms. The first-order valence-electron chi connectivity index (χ1n) is 13.8. The van der Waals surface area contributed by atoms with Crippen LogP contribution in [0.25, 0.3) is 0 Å². The van der Waals surface area contributed by atoms with E-state index in [9.17, 15) is 29.4 Å². The molecule has 0 heterocycles. The van der Waals surface area contributed by atoms with Crippen LogP contribution in [0.2, 0.25) is 0 Å². The highest BCUT2D eigenvalue weighted by Gasteiger charge is 2.33. The van der Waals surface area contributed by atoms with Crippen molar-refractivity contribution < 1.29 is 53.4 Å². The topological polar surface area (TPSA) is 169 Å². The lowest BCUT2D eigenvalue weighted by molar-refractivity contribution is 0.0633. The molecule has 0 saturated carbocycles. The molecule has 1 atom stereocenters. The third-order valence-electron chi connectivity index (χ3n) is 7.07. The average Bonchev–Trinajstić information content (AvgIpc) is 3.00. The lowest BCUT2D eigenvalue weighted by Crippen LogP contribution is -2.36. The van der Waals surface area contributed by atoms with Gasteiger partial charge in [0.15, 0.2) is 17.2 Å². The van der Waals surface area contributed by atoms with Crippen molar-refractivity contribution in [2.75, 3.05) is 0 Å². The number of aryl methyl sites for hydroxylation is 1. The molecule has 1 aliphatic carbocycles. The second-order valence-corrected chi connectivity index (χ2v) is 10.0. The Balaban J connectivity index is 1.60. The normalized spacial score (nSPS) is 13.6. The van der Waals surface area contributed by atoms with Crippen LogP contribution < -0.4 is 18.9 Å². The largest absolute Gasteiger partial charge is 0.511 e. The SMILES string of the molecule is O=C(O)Oc1cc(OC(=O)O)c(C(=O)N(Cc2cccc(Oc3ccccc3)c2)[C@H]2CCCc3ccccc32)cc1OC(=O)O. The maximum atomic E-state index is 14.5. The highest BCUT2D eigenvalue weighted by atomic mass is 16.7. The van der Waals surface area contributed by atoms with Crippen LogP contribution in [0.1, 0.15) is 45.9 Å². The zero-order valence-electron chi connectivity index (χ0n) is 23.6. The predicted molar refractivity (Wildman–Crippen MR) is 157 cm³/mol. The molecular formula is C33H27NO11. The van der Waals surface area contributed by atoms with E-state index in [4.69, 9.17) is 19.3 Å². The highest BCUT2D eigenvalue weighted by molar-refractivity contribution is 5.99. The first-order chi connectivity index (χ1) is 21.7. The molecule has 0 bridgehead atoms. The van der Waals surface area contributed by atoms with Crippen LogP contribution in [0.4, 0.5) is 14.4 Å². The van der Waals surface area contributed by atoms with Gasteiger partial charge in [-0.15, -0.1) is 0 Å². The van der Waals surface area contributed by atoms with Crippen molar-refractivity contribution in [3.05, 3.63) is 113 Å². The van der Waals surface area contributed by atoms with Gasteiger partial charge in [-0.1, -0.05) is 54.6 Å². The molecule has 230 valence electrons. The van der Waals surface area contributed by atoms with Crippen LogP contribution >= 0.6 is 0 Å². The van der Waals surface area contributed by atoms with Crippen molar-refractivity contribution in [2.24, 2.45) is 0 Å². The molecule has 1 aliphatic rings. The van der Waals surface area contributed by atoms with Crippen molar-refractivity contribution in [3.8, 4) is 28.7 Å². The van der Waals surface area contributed by atoms with Gasteiger partial charge in [-0.05, 0) is 60.2 Å². The summed E-state index contributed by atoms with van der Waals surface area (Å²) in [5.41, 5.74) is 2.26. The average molecular weight is 614 g/mol. The zero-order valence-corrected chi connectivity index (χ0v) is 23.6. The Morgan fingerprint density at radius 1 is 0.689 bits per heavy atom. The highest BCUT2D eigenvalue weighted by Crippen LogP contribution is 2.40. The lowest BCUT2D eigenvalue weighted by atomic mass is 9.86. The van der Waals surface area contributed by atoms with Gasteiger partial charge in [0, 0.05) is 18.7 Å². The van der Waals surface area contributed by atoms with Crippen LogP contribution in [0.3, 0.4) is 0 Å². The molecule has 0 spiro atoms. The Bertz CT molecular complexity index is 1740. The van der Waals surface area contributed by atoms with Gasteiger partial charge in [0.2, 0.25) is 0 Å². The van der Waals surface area contributed by atoms with Crippen LogP contribution in [-0.2, 0) is 13.0 Å². The third kappa shape index (κ3) is 7.49. The number of hydrogen-bond donors (Lipinski definition) is 3. The molecule has 0 unspecified atom stereocenters. The van der Waals surface area contributed by atoms with Gasteiger partial charge < -0.3 is 39.2 Å². The molecular weight excluding hydrogens is 586 g/mol. The minimum absolute atomic E-state index is 0.0405. The van der Waals surface area contributed by atoms with Gasteiger partial charge in [-0.3, -0.25) is 4.79 Å². The fourth-order valence-corrected chi connectivity index (χ4v) is 5.29. The molecule has 1 amide bonds. The number of carboxylic acid groups (broad SMARTS) is 3. The van der Waals surface area contributed by atoms with E-state index >= 15 is 0 Å². The maximum Gasteiger partial charge on any atom is 0.511 e. The number of nitrogens with zero attached hydrogens (tertiary/aromatic N) is 1. The summed E-state index contributed by atoms with van der Waals surface area (Å²) in [6.45, 7) is 0.0405. The first-order valence-corrected chi connectivity index (χ1v) is 13.8. The molecule has 4 aromatic rings. The number of carbonyl (C=O) groups is 4. The van der Waals surface area contributed by atoms with E-state index in [2.05, 4.69) is 4.74 Å². The summed E-state index contributed by atoms with van der Waals surface area (Å²) in [6.07, 6.45) is -3.29. The van der Waals surface area contributed by atoms with E-state index in [1.54, 1.807) is 30.3 Å². The second-order valence-electron chi connectivity index (χ2n) is 10.0. The Kier molecular flexibility index (Phi) is 9.13. The van der Waals surface area contributed by atoms with E-state index in [-0.39, 0.29) is 12.1 Å². The van der Waals surface area contributed by atoms with Crippen molar-refractivity contribution in [2.45, 2.75) is 31.8 Å². The fourth-order valence-electron chi connectivity index (χ4n) is 5.29. The van der Waals surface area contributed by atoms with Crippen LogP contribution in [0, 0.1) is 0 Å². The Hall–Kier alpha value is -6.04. The van der Waals surface area contributed by atoms with Gasteiger partial charge in [0.1, 0.15) is 11.5 Å². The quantitative estimate of drug-likeness (QED) is 0.127. The zero-order chi connectivity index (χ0) is 31.9. The minimum Gasteiger partial charge on any atom is -0.457 e. The number of para-hydroxylation sites is 1. The molecule has 0 radical (unpaired) electrons. The van der Waals surface area contributed by atoms with E-state index in [1.165, 1.54) is 4.90 Å². The molecule has 45 heavy (non-hydrogen) atoms. The van der Waals surface area contributed by atoms with Crippen molar-refractivity contribution in [3.63, 3.8) is 0 Å². The molecule has 0 saturated heterocycles. The van der Waals surface area contributed by atoms with Gasteiger partial charge >= 0.3 is 18.5 Å². The van der Waals surface area contributed by atoms with E-state index in [0.29, 0.717) is 23.5 Å². The number of rotatable bonds is 9. The molecule has 5 rings (SSSR count).